The Morgan fingerprint density at radius 2 is 1.52 bits per heavy atom. The molecule has 0 aliphatic carbocycles. The van der Waals surface area contributed by atoms with Crippen molar-refractivity contribution in [1.29, 1.82) is 0 Å². The second-order valence-corrected chi connectivity index (χ2v) is 8.74. The Morgan fingerprint density at radius 3 is 2.23 bits per heavy atom. The predicted molar refractivity (Wildman–Crippen MR) is 121 cm³/mol. The number of carbonyl (C=O) groups excluding carboxylic acids is 2. The summed E-state index contributed by atoms with van der Waals surface area (Å²) < 4.78 is 5.61. The van der Waals surface area contributed by atoms with Crippen molar-refractivity contribution >= 4 is 11.8 Å². The number of hydrogen-bond acceptors (Lipinski definition) is 3. The van der Waals surface area contributed by atoms with Gasteiger partial charge in [0.05, 0.1) is 5.92 Å². The molecule has 2 aliphatic rings. The van der Waals surface area contributed by atoms with Crippen molar-refractivity contribution in [3.8, 4) is 5.75 Å². The van der Waals surface area contributed by atoms with E-state index in [-0.39, 0.29) is 24.3 Å². The Balaban J connectivity index is 1.23. The normalized spacial score (nSPS) is 19.8. The maximum absolute atomic E-state index is 13.1. The third-order valence-electron chi connectivity index (χ3n) is 6.52. The number of amides is 2. The minimum atomic E-state index is -0.0832. The standard InChI is InChI=1S/C26H32N2O3/c29-25(20-31-24-11-5-2-6-12-24)28-15-7-10-23(19-28)26(30)27-16-13-22(14-17-27)18-21-8-3-1-4-9-21/h1-6,8-9,11-12,22-23H,7,10,13-20H2/t23-/m1/s1. The van der Waals surface area contributed by atoms with E-state index in [2.05, 4.69) is 30.3 Å². The van der Waals surface area contributed by atoms with Crippen molar-refractivity contribution in [2.24, 2.45) is 11.8 Å². The maximum atomic E-state index is 13.1. The van der Waals surface area contributed by atoms with Gasteiger partial charge in [0, 0.05) is 26.2 Å². The zero-order valence-electron chi connectivity index (χ0n) is 18.1. The van der Waals surface area contributed by atoms with E-state index in [1.54, 1.807) is 4.90 Å². The fraction of sp³-hybridized carbons (Fsp3) is 0.462. The van der Waals surface area contributed by atoms with E-state index >= 15 is 0 Å². The molecule has 0 bridgehead atoms. The van der Waals surface area contributed by atoms with Gasteiger partial charge in [-0.05, 0) is 55.7 Å². The monoisotopic (exact) mass is 420 g/mol. The first-order chi connectivity index (χ1) is 15.2. The van der Waals surface area contributed by atoms with Crippen LogP contribution in [0.2, 0.25) is 0 Å². The van der Waals surface area contributed by atoms with Crippen LogP contribution in [0.25, 0.3) is 0 Å². The molecular weight excluding hydrogens is 388 g/mol. The van der Waals surface area contributed by atoms with Crippen LogP contribution in [0, 0.1) is 11.8 Å². The molecule has 2 aliphatic heterocycles. The molecule has 0 saturated carbocycles. The summed E-state index contributed by atoms with van der Waals surface area (Å²) in [5.74, 6) is 1.44. The molecule has 2 fully saturated rings. The molecule has 1 atom stereocenters. The predicted octanol–water partition coefficient (Wildman–Crippen LogP) is 3.79. The summed E-state index contributed by atoms with van der Waals surface area (Å²) in [6.07, 6.45) is 4.95. The number of rotatable bonds is 6. The van der Waals surface area contributed by atoms with Crippen LogP contribution >= 0.6 is 0 Å². The van der Waals surface area contributed by atoms with E-state index < -0.39 is 0 Å². The molecule has 2 aromatic rings. The van der Waals surface area contributed by atoms with Crippen molar-refractivity contribution in [3.63, 3.8) is 0 Å². The van der Waals surface area contributed by atoms with Crippen molar-refractivity contribution in [3.05, 3.63) is 66.2 Å². The van der Waals surface area contributed by atoms with Gasteiger partial charge in [0.25, 0.3) is 5.91 Å². The fourth-order valence-corrected chi connectivity index (χ4v) is 4.72. The number of benzene rings is 2. The van der Waals surface area contributed by atoms with E-state index in [0.29, 0.717) is 24.8 Å². The van der Waals surface area contributed by atoms with Crippen LogP contribution in [-0.4, -0.2) is 54.4 Å². The summed E-state index contributed by atoms with van der Waals surface area (Å²) in [7, 11) is 0. The Bertz CT molecular complexity index is 847. The summed E-state index contributed by atoms with van der Waals surface area (Å²) in [6.45, 7) is 2.91. The SMILES string of the molecule is O=C(COc1ccccc1)N1CCC[C@@H](C(=O)N2CCC(Cc3ccccc3)CC2)C1. The molecule has 0 unspecified atom stereocenters. The Hall–Kier alpha value is -2.82. The number of para-hydroxylation sites is 1. The smallest absolute Gasteiger partial charge is 0.260 e. The molecule has 2 saturated heterocycles. The van der Waals surface area contributed by atoms with Gasteiger partial charge in [-0.3, -0.25) is 9.59 Å². The van der Waals surface area contributed by atoms with Gasteiger partial charge < -0.3 is 14.5 Å². The van der Waals surface area contributed by atoms with Crippen LogP contribution in [0.15, 0.2) is 60.7 Å². The van der Waals surface area contributed by atoms with Gasteiger partial charge in [-0.1, -0.05) is 48.5 Å². The van der Waals surface area contributed by atoms with E-state index in [9.17, 15) is 9.59 Å². The Labute approximate surface area is 185 Å². The summed E-state index contributed by atoms with van der Waals surface area (Å²) in [4.78, 5) is 29.6. The molecule has 5 heteroatoms. The van der Waals surface area contributed by atoms with Crippen molar-refractivity contribution < 1.29 is 14.3 Å². The lowest BCUT2D eigenvalue weighted by Crippen LogP contribution is -2.49. The van der Waals surface area contributed by atoms with Crippen LogP contribution in [0.3, 0.4) is 0 Å². The molecule has 0 spiro atoms. The highest BCUT2D eigenvalue weighted by molar-refractivity contribution is 5.82. The molecule has 0 radical (unpaired) electrons. The average Bonchev–Trinajstić information content (AvgIpc) is 2.84. The zero-order chi connectivity index (χ0) is 21.5. The first-order valence-corrected chi connectivity index (χ1v) is 11.5. The van der Waals surface area contributed by atoms with Gasteiger partial charge in [0.15, 0.2) is 6.61 Å². The van der Waals surface area contributed by atoms with Crippen molar-refractivity contribution in [1.82, 2.24) is 9.80 Å². The topological polar surface area (TPSA) is 49.9 Å². The molecule has 164 valence electrons. The molecule has 2 amide bonds. The number of hydrogen-bond donors (Lipinski definition) is 0. The fourth-order valence-electron chi connectivity index (χ4n) is 4.72. The lowest BCUT2D eigenvalue weighted by Gasteiger charge is -2.38. The molecule has 2 heterocycles. The number of piperidine rings is 2. The molecule has 4 rings (SSSR count). The van der Waals surface area contributed by atoms with E-state index in [4.69, 9.17) is 4.74 Å². The number of nitrogens with zero attached hydrogens (tertiary/aromatic N) is 2. The van der Waals surface area contributed by atoms with E-state index in [0.717, 1.165) is 45.2 Å². The lowest BCUT2D eigenvalue weighted by molar-refractivity contribution is -0.142. The van der Waals surface area contributed by atoms with Gasteiger partial charge in [0.1, 0.15) is 5.75 Å². The molecule has 31 heavy (non-hydrogen) atoms. The van der Waals surface area contributed by atoms with Gasteiger partial charge in [-0.15, -0.1) is 0 Å². The summed E-state index contributed by atoms with van der Waals surface area (Å²) in [6, 6.07) is 20.0. The molecule has 0 aromatic heterocycles. The van der Waals surface area contributed by atoms with Crippen molar-refractivity contribution in [2.75, 3.05) is 32.8 Å². The zero-order valence-corrected chi connectivity index (χ0v) is 18.1. The molecular formula is C26H32N2O3. The minimum absolute atomic E-state index is 0.0236. The maximum Gasteiger partial charge on any atom is 0.260 e. The van der Waals surface area contributed by atoms with Crippen molar-refractivity contribution in [2.45, 2.75) is 32.1 Å². The van der Waals surface area contributed by atoms with Crippen LogP contribution < -0.4 is 4.74 Å². The third kappa shape index (κ3) is 5.87. The van der Waals surface area contributed by atoms with E-state index in [1.165, 1.54) is 5.56 Å². The molecule has 0 N–H and O–H groups in total. The quantitative estimate of drug-likeness (QED) is 0.715. The first kappa shape index (κ1) is 21.4. The van der Waals surface area contributed by atoms with Crippen LogP contribution in [-0.2, 0) is 16.0 Å². The van der Waals surface area contributed by atoms with Crippen LogP contribution in [0.5, 0.6) is 5.75 Å². The van der Waals surface area contributed by atoms with Crippen LogP contribution in [0.1, 0.15) is 31.2 Å². The lowest BCUT2D eigenvalue weighted by atomic mass is 9.89. The van der Waals surface area contributed by atoms with Gasteiger partial charge >= 0.3 is 0 Å². The summed E-state index contributed by atoms with van der Waals surface area (Å²) >= 11 is 0. The van der Waals surface area contributed by atoms with Gasteiger partial charge in [-0.25, -0.2) is 0 Å². The first-order valence-electron chi connectivity index (χ1n) is 11.5. The number of likely N-dealkylation sites (tertiary alicyclic amines) is 2. The highest BCUT2D eigenvalue weighted by Crippen LogP contribution is 2.25. The van der Waals surface area contributed by atoms with Gasteiger partial charge in [0.2, 0.25) is 5.91 Å². The number of ether oxygens (including phenoxy) is 1. The Morgan fingerprint density at radius 1 is 0.839 bits per heavy atom. The van der Waals surface area contributed by atoms with E-state index in [1.807, 2.05) is 35.2 Å². The highest BCUT2D eigenvalue weighted by Gasteiger charge is 2.33. The highest BCUT2D eigenvalue weighted by atomic mass is 16.5. The molecule has 5 nitrogen and oxygen atoms in total. The molecule has 2 aromatic carbocycles. The minimum Gasteiger partial charge on any atom is -0.484 e. The van der Waals surface area contributed by atoms with Crippen LogP contribution in [0.4, 0.5) is 0 Å². The summed E-state index contributed by atoms with van der Waals surface area (Å²) in [5, 5.41) is 0. The second kappa shape index (κ2) is 10.5. The average molecular weight is 421 g/mol. The third-order valence-corrected chi connectivity index (χ3v) is 6.52. The van der Waals surface area contributed by atoms with Gasteiger partial charge in [-0.2, -0.15) is 0 Å². The largest absolute Gasteiger partial charge is 0.484 e. The Kier molecular flexibility index (Phi) is 7.23. The second-order valence-electron chi connectivity index (χ2n) is 8.74. The number of carbonyl (C=O) groups is 2. The summed E-state index contributed by atoms with van der Waals surface area (Å²) in [5.41, 5.74) is 1.38.